The Balaban J connectivity index is 1.55. The van der Waals surface area contributed by atoms with E-state index in [1.54, 1.807) is 39.8 Å². The van der Waals surface area contributed by atoms with Gasteiger partial charge in [-0.1, -0.05) is 57.2 Å². The molecule has 0 aromatic heterocycles. The number of likely N-dealkylation sites (N-methyl/N-ethyl adjacent to an activating group) is 1. The normalized spacial score (nSPS) is 20.2. The van der Waals surface area contributed by atoms with E-state index in [4.69, 9.17) is 9.47 Å². The van der Waals surface area contributed by atoms with Gasteiger partial charge in [0.25, 0.3) is 0 Å². The second kappa shape index (κ2) is 15.6. The number of carbonyl (C=O) groups is 5. The first-order valence-corrected chi connectivity index (χ1v) is 17.2. The lowest BCUT2D eigenvalue weighted by molar-refractivity contribution is -0.144. The van der Waals surface area contributed by atoms with Crippen LogP contribution in [-0.4, -0.2) is 88.1 Å². The number of benzene rings is 2. The fourth-order valence-electron chi connectivity index (χ4n) is 6.28. The number of carboxylic acid groups (broad SMARTS) is 1. The van der Waals surface area contributed by atoms with E-state index < -0.39 is 59.1 Å². The molecule has 12 heteroatoms. The second-order valence-electron chi connectivity index (χ2n) is 15.4. The molecule has 1 aliphatic carbocycles. The summed E-state index contributed by atoms with van der Waals surface area (Å²) < 4.78 is 11.6. The van der Waals surface area contributed by atoms with E-state index >= 15 is 0 Å². The fraction of sp³-hybridized carbons (Fsp3) is 0.553. The number of amides is 4. The molecule has 2 unspecified atom stereocenters. The highest BCUT2D eigenvalue weighted by Crippen LogP contribution is 2.32. The molecule has 1 saturated heterocycles. The third kappa shape index (κ3) is 9.62. The SMILES string of the molecule is C[C@@H](C(=O)NC(C(=O)N1C[C@@H](OCc2ccc(C(=O)O)cc2)CC1C(=O)N[C@@H]1CCCc2ccccc21)C(C)(C)C)N(C)C(=O)OC(C)(C)C. The first kappa shape index (κ1) is 38.4. The van der Waals surface area contributed by atoms with Crippen LogP contribution < -0.4 is 10.6 Å². The molecule has 4 rings (SSSR count). The van der Waals surface area contributed by atoms with E-state index in [1.165, 1.54) is 34.5 Å². The number of ether oxygens (including phenoxy) is 2. The summed E-state index contributed by atoms with van der Waals surface area (Å²) in [4.78, 5) is 68.8. The van der Waals surface area contributed by atoms with Crippen LogP contribution in [0.25, 0.3) is 0 Å². The zero-order valence-electron chi connectivity index (χ0n) is 30.4. The molecule has 3 N–H and O–H groups in total. The van der Waals surface area contributed by atoms with E-state index in [9.17, 15) is 29.1 Å². The van der Waals surface area contributed by atoms with Crippen molar-refractivity contribution >= 4 is 29.8 Å². The smallest absolute Gasteiger partial charge is 0.410 e. The van der Waals surface area contributed by atoms with Crippen LogP contribution in [-0.2, 0) is 36.9 Å². The molecule has 2 aromatic rings. The van der Waals surface area contributed by atoms with Crippen LogP contribution in [0.5, 0.6) is 0 Å². The molecule has 4 amide bonds. The maximum Gasteiger partial charge on any atom is 0.410 e. The van der Waals surface area contributed by atoms with Crippen LogP contribution in [0.4, 0.5) is 4.79 Å². The van der Waals surface area contributed by atoms with Crippen LogP contribution in [0.15, 0.2) is 48.5 Å². The number of aromatic carboxylic acids is 1. The number of aryl methyl sites for hydroxylation is 1. The summed E-state index contributed by atoms with van der Waals surface area (Å²) in [7, 11) is 1.47. The Hall–Kier alpha value is -4.45. The number of hydrogen-bond donors (Lipinski definition) is 3. The van der Waals surface area contributed by atoms with Crippen molar-refractivity contribution in [1.82, 2.24) is 20.4 Å². The monoisotopic (exact) mass is 692 g/mol. The largest absolute Gasteiger partial charge is 0.478 e. The Kier molecular flexibility index (Phi) is 12.0. The van der Waals surface area contributed by atoms with Gasteiger partial charge in [0.05, 0.1) is 24.3 Å². The minimum absolute atomic E-state index is 0.112. The van der Waals surface area contributed by atoms with Gasteiger partial charge in [-0.3, -0.25) is 19.3 Å². The van der Waals surface area contributed by atoms with Crippen LogP contribution in [0, 0.1) is 5.41 Å². The van der Waals surface area contributed by atoms with E-state index in [1.807, 2.05) is 39.0 Å². The molecule has 0 spiro atoms. The third-order valence-corrected chi connectivity index (χ3v) is 9.26. The van der Waals surface area contributed by atoms with Gasteiger partial charge in [0.1, 0.15) is 23.7 Å². The molecule has 272 valence electrons. The Bertz CT molecular complexity index is 1560. The van der Waals surface area contributed by atoms with Crippen LogP contribution >= 0.6 is 0 Å². The van der Waals surface area contributed by atoms with Gasteiger partial charge in [0.2, 0.25) is 17.7 Å². The summed E-state index contributed by atoms with van der Waals surface area (Å²) >= 11 is 0. The maximum absolute atomic E-state index is 14.5. The number of carbonyl (C=O) groups excluding carboxylic acids is 4. The van der Waals surface area contributed by atoms with Crippen LogP contribution in [0.2, 0.25) is 0 Å². The molecule has 1 heterocycles. The van der Waals surface area contributed by atoms with Crippen molar-refractivity contribution in [3.8, 4) is 0 Å². The minimum atomic E-state index is -1.03. The lowest BCUT2D eigenvalue weighted by Crippen LogP contribution is -2.60. The van der Waals surface area contributed by atoms with Crippen molar-refractivity contribution in [2.24, 2.45) is 5.41 Å². The van der Waals surface area contributed by atoms with Crippen LogP contribution in [0.1, 0.15) is 101 Å². The van der Waals surface area contributed by atoms with Crippen molar-refractivity contribution in [2.45, 2.75) is 117 Å². The highest BCUT2D eigenvalue weighted by Gasteiger charge is 2.46. The maximum atomic E-state index is 14.5. The van der Waals surface area contributed by atoms with Crippen molar-refractivity contribution < 1.29 is 38.6 Å². The quantitative estimate of drug-likeness (QED) is 0.319. The molecule has 2 aliphatic rings. The molecule has 1 fully saturated rings. The van der Waals surface area contributed by atoms with Gasteiger partial charge < -0.3 is 30.1 Å². The average Bonchev–Trinajstić information content (AvgIpc) is 3.49. The van der Waals surface area contributed by atoms with Gasteiger partial charge in [-0.05, 0) is 81.2 Å². The number of hydrogen-bond acceptors (Lipinski definition) is 7. The van der Waals surface area contributed by atoms with Gasteiger partial charge in [-0.25, -0.2) is 9.59 Å². The molecule has 2 aromatic carbocycles. The molecular formula is C38H52N4O8. The Morgan fingerprint density at radius 2 is 1.66 bits per heavy atom. The first-order valence-electron chi connectivity index (χ1n) is 17.2. The first-order chi connectivity index (χ1) is 23.4. The predicted octanol–water partition coefficient (Wildman–Crippen LogP) is 4.85. The Morgan fingerprint density at radius 3 is 2.28 bits per heavy atom. The van der Waals surface area contributed by atoms with Gasteiger partial charge in [0, 0.05) is 20.0 Å². The highest BCUT2D eigenvalue weighted by molar-refractivity contribution is 5.94. The molecule has 0 saturated carbocycles. The van der Waals surface area contributed by atoms with Crippen molar-refractivity contribution in [3.63, 3.8) is 0 Å². The van der Waals surface area contributed by atoms with Gasteiger partial charge in [0.15, 0.2) is 0 Å². The average molecular weight is 693 g/mol. The van der Waals surface area contributed by atoms with Crippen molar-refractivity contribution in [1.29, 1.82) is 0 Å². The number of rotatable bonds is 10. The van der Waals surface area contributed by atoms with Gasteiger partial charge in [-0.15, -0.1) is 0 Å². The van der Waals surface area contributed by atoms with Crippen molar-refractivity contribution in [3.05, 3.63) is 70.8 Å². The molecule has 50 heavy (non-hydrogen) atoms. The standard InChI is InChI=1S/C38H52N4O8/c1-23(41(8)36(48)50-38(5,6)7)32(43)40-31(37(2,3)4)34(45)42-21-27(49-22-24-16-18-26(19-17-24)35(46)47)20-30(42)33(44)39-29-15-11-13-25-12-9-10-14-28(25)29/h9-10,12,14,16-19,23,27,29-31H,11,13,15,20-22H2,1-8H3,(H,39,44)(H,40,43)(H,46,47)/t23-,27-,29+,30?,31?/m0/s1. The summed E-state index contributed by atoms with van der Waals surface area (Å²) in [5.74, 6) is -2.29. The van der Waals surface area contributed by atoms with Crippen LogP contribution in [0.3, 0.4) is 0 Å². The predicted molar refractivity (Wildman–Crippen MR) is 187 cm³/mol. The number of nitrogens with zero attached hydrogens (tertiary/aromatic N) is 2. The number of likely N-dealkylation sites (tertiary alicyclic amines) is 1. The molecule has 5 atom stereocenters. The zero-order chi connectivity index (χ0) is 37.0. The zero-order valence-corrected chi connectivity index (χ0v) is 30.4. The van der Waals surface area contributed by atoms with Gasteiger partial charge in [-0.2, -0.15) is 0 Å². The van der Waals surface area contributed by atoms with Crippen molar-refractivity contribution in [2.75, 3.05) is 13.6 Å². The Labute approximate surface area is 294 Å². The minimum Gasteiger partial charge on any atom is -0.478 e. The molecule has 0 bridgehead atoms. The van der Waals surface area contributed by atoms with Gasteiger partial charge >= 0.3 is 12.1 Å². The summed E-state index contributed by atoms with van der Waals surface area (Å²) in [6, 6.07) is 11.4. The summed E-state index contributed by atoms with van der Waals surface area (Å²) in [6.07, 6.45) is 1.71. The van der Waals surface area contributed by atoms with E-state index in [2.05, 4.69) is 16.7 Å². The number of fused-ring (bicyclic) bond motifs is 1. The molecule has 12 nitrogen and oxygen atoms in total. The Morgan fingerprint density at radius 1 is 1.00 bits per heavy atom. The third-order valence-electron chi connectivity index (χ3n) is 9.26. The lowest BCUT2D eigenvalue weighted by atomic mass is 9.85. The van der Waals surface area contributed by atoms with E-state index in [-0.39, 0.29) is 37.1 Å². The molecular weight excluding hydrogens is 640 g/mol. The summed E-state index contributed by atoms with van der Waals surface area (Å²) in [6.45, 7) is 12.5. The second-order valence-corrected chi connectivity index (χ2v) is 15.4. The lowest BCUT2D eigenvalue weighted by Gasteiger charge is -2.37. The topological polar surface area (TPSA) is 155 Å². The highest BCUT2D eigenvalue weighted by atomic mass is 16.6. The molecule has 0 radical (unpaired) electrons. The summed E-state index contributed by atoms with van der Waals surface area (Å²) in [5.41, 5.74) is 1.67. The van der Waals surface area contributed by atoms with E-state index in [0.29, 0.717) is 0 Å². The fourth-order valence-corrected chi connectivity index (χ4v) is 6.28. The number of nitrogens with one attached hydrogen (secondary N) is 2. The molecule has 1 aliphatic heterocycles. The van der Waals surface area contributed by atoms with E-state index in [0.717, 1.165) is 30.4 Å². The number of carboxylic acids is 1. The summed E-state index contributed by atoms with van der Waals surface area (Å²) in [5, 5.41) is 15.3.